The second-order valence-electron chi connectivity index (χ2n) is 7.80. The molecule has 8 nitrogen and oxygen atoms in total. The molecule has 2 atom stereocenters. The molecule has 1 saturated heterocycles. The summed E-state index contributed by atoms with van der Waals surface area (Å²) < 4.78 is 20.3. The van der Waals surface area contributed by atoms with Gasteiger partial charge in [-0.2, -0.15) is 5.10 Å². The molecule has 4 heterocycles. The van der Waals surface area contributed by atoms with Gasteiger partial charge in [0.1, 0.15) is 23.8 Å². The summed E-state index contributed by atoms with van der Waals surface area (Å²) in [6, 6.07) is 6.23. The number of aromatic nitrogens is 4. The quantitative estimate of drug-likeness (QED) is 0.641. The molecule has 1 fully saturated rings. The minimum Gasteiger partial charge on any atom is -0.472 e. The molecule has 9 heteroatoms. The highest BCUT2D eigenvalue weighted by Crippen LogP contribution is 2.31. The Kier molecular flexibility index (Phi) is 5.32. The Labute approximate surface area is 183 Å². The van der Waals surface area contributed by atoms with Crippen LogP contribution in [0.15, 0.2) is 65.8 Å². The zero-order valence-corrected chi connectivity index (χ0v) is 17.5. The van der Waals surface area contributed by atoms with Gasteiger partial charge < -0.3 is 9.64 Å². The van der Waals surface area contributed by atoms with Gasteiger partial charge in [-0.3, -0.25) is 9.88 Å². The normalized spacial score (nSPS) is 21.2. The first-order valence-electron chi connectivity index (χ1n) is 10.5. The monoisotopic (exact) mass is 434 g/mol. The third kappa shape index (κ3) is 3.94. The molecule has 1 aromatic carbocycles. The number of benzene rings is 1. The topological polar surface area (TPSA) is 90.1 Å². The van der Waals surface area contributed by atoms with Crippen molar-refractivity contribution in [1.29, 1.82) is 0 Å². The van der Waals surface area contributed by atoms with Crippen molar-refractivity contribution in [1.82, 2.24) is 30.0 Å². The van der Waals surface area contributed by atoms with E-state index in [9.17, 15) is 9.18 Å². The van der Waals surface area contributed by atoms with Gasteiger partial charge in [0.2, 0.25) is 5.88 Å². The Morgan fingerprint density at radius 1 is 1.28 bits per heavy atom. The molecule has 2 N–H and O–H groups in total. The van der Waals surface area contributed by atoms with Gasteiger partial charge in [-0.1, -0.05) is 18.2 Å². The number of H-pyrrole nitrogens is 2. The number of ether oxygens (including phenoxy) is 1. The van der Waals surface area contributed by atoms with E-state index in [4.69, 9.17) is 4.74 Å². The van der Waals surface area contributed by atoms with Crippen molar-refractivity contribution in [3.63, 3.8) is 0 Å². The van der Waals surface area contributed by atoms with Crippen molar-refractivity contribution >= 4 is 10.8 Å². The number of likely N-dealkylation sites (tertiary alicyclic amines) is 1. The average Bonchev–Trinajstić information content (AvgIpc) is 3.44. The Morgan fingerprint density at radius 2 is 2.19 bits per heavy atom. The summed E-state index contributed by atoms with van der Waals surface area (Å²) in [5.74, 6) is 0.275. The molecular formula is C23H23FN6O2. The van der Waals surface area contributed by atoms with Gasteiger partial charge in [-0.15, -0.1) is 0 Å². The maximum absolute atomic E-state index is 14.0. The lowest BCUT2D eigenvalue weighted by Crippen LogP contribution is -2.42. The zero-order valence-electron chi connectivity index (χ0n) is 17.5. The molecule has 3 aromatic rings. The number of aromatic amines is 2. The highest BCUT2D eigenvalue weighted by molar-refractivity contribution is 5.89. The van der Waals surface area contributed by atoms with Crippen molar-refractivity contribution in [2.24, 2.45) is 0 Å². The van der Waals surface area contributed by atoms with Gasteiger partial charge in [0, 0.05) is 30.9 Å². The lowest BCUT2D eigenvalue weighted by molar-refractivity contribution is 0.142. The van der Waals surface area contributed by atoms with E-state index in [2.05, 4.69) is 36.0 Å². The van der Waals surface area contributed by atoms with Gasteiger partial charge >= 0.3 is 5.69 Å². The minimum absolute atomic E-state index is 0.103. The van der Waals surface area contributed by atoms with Gasteiger partial charge in [-0.25, -0.2) is 19.3 Å². The van der Waals surface area contributed by atoms with Crippen molar-refractivity contribution in [2.45, 2.75) is 25.6 Å². The van der Waals surface area contributed by atoms with Crippen molar-refractivity contribution in [2.75, 3.05) is 13.1 Å². The number of rotatable bonds is 5. The van der Waals surface area contributed by atoms with E-state index in [1.54, 1.807) is 12.1 Å². The number of hydrogen-bond donors (Lipinski definition) is 2. The van der Waals surface area contributed by atoms with E-state index in [1.165, 1.54) is 12.1 Å². The number of nitrogens with one attached hydrogen (secondary N) is 2. The van der Waals surface area contributed by atoms with Crippen LogP contribution >= 0.6 is 0 Å². The Balaban J connectivity index is 1.42. The summed E-state index contributed by atoms with van der Waals surface area (Å²) in [4.78, 5) is 23.1. The summed E-state index contributed by atoms with van der Waals surface area (Å²) in [5.41, 5.74) is 0.0297. The van der Waals surface area contributed by atoms with Gasteiger partial charge in [0.05, 0.1) is 0 Å². The van der Waals surface area contributed by atoms with Crippen LogP contribution in [0.5, 0.6) is 5.88 Å². The summed E-state index contributed by atoms with van der Waals surface area (Å²) >= 11 is 0. The SMILES string of the molecule is CC=CN1C=CC=CC1N1CC[C@H](Oc2nc(-c3n[nH]c(=O)[nH]3)cc3ccc(F)cc23)C1. The molecule has 0 bridgehead atoms. The number of halogens is 1. The molecular weight excluding hydrogens is 411 g/mol. The van der Waals surface area contributed by atoms with Crippen molar-refractivity contribution in [3.8, 4) is 17.4 Å². The van der Waals surface area contributed by atoms with Crippen molar-refractivity contribution < 1.29 is 9.13 Å². The summed E-state index contributed by atoms with van der Waals surface area (Å²) in [6.07, 6.45) is 13.1. The van der Waals surface area contributed by atoms with Crippen LogP contribution in [0.2, 0.25) is 0 Å². The van der Waals surface area contributed by atoms with E-state index in [-0.39, 0.29) is 18.1 Å². The molecule has 164 valence electrons. The number of hydrogen-bond acceptors (Lipinski definition) is 6. The highest BCUT2D eigenvalue weighted by atomic mass is 19.1. The summed E-state index contributed by atoms with van der Waals surface area (Å²) in [5, 5.41) is 7.64. The van der Waals surface area contributed by atoms with E-state index >= 15 is 0 Å². The fourth-order valence-corrected chi connectivity index (χ4v) is 4.16. The molecule has 0 aliphatic carbocycles. The lowest BCUT2D eigenvalue weighted by Gasteiger charge is -2.34. The standard InChI is InChI=1S/C23H23FN6O2/c1-2-9-29-10-4-3-5-20(29)30-11-8-17(14-30)32-22-18-13-16(24)7-6-15(18)12-19(25-22)21-26-23(31)28-27-21/h2-7,9-10,12-13,17,20H,8,11,14H2,1H3,(H2,26,27,28,31)/t17-,20?/m0/s1. The van der Waals surface area contributed by atoms with Crippen LogP contribution < -0.4 is 10.4 Å². The van der Waals surface area contributed by atoms with Gasteiger partial charge in [-0.05, 0) is 49.1 Å². The average molecular weight is 434 g/mol. The van der Waals surface area contributed by atoms with Crippen LogP contribution in [0.1, 0.15) is 13.3 Å². The lowest BCUT2D eigenvalue weighted by atomic mass is 10.1. The van der Waals surface area contributed by atoms with Crippen LogP contribution in [0.25, 0.3) is 22.3 Å². The Bertz CT molecular complexity index is 1280. The Hall–Kier alpha value is -3.72. The van der Waals surface area contributed by atoms with Crippen LogP contribution in [-0.2, 0) is 0 Å². The fraction of sp³-hybridized carbons (Fsp3) is 0.261. The fourth-order valence-electron chi connectivity index (χ4n) is 4.16. The highest BCUT2D eigenvalue weighted by Gasteiger charge is 2.31. The van der Waals surface area contributed by atoms with Crippen LogP contribution in [0, 0.1) is 5.82 Å². The van der Waals surface area contributed by atoms with E-state index in [0.717, 1.165) is 18.4 Å². The first-order chi connectivity index (χ1) is 15.6. The molecule has 2 aromatic heterocycles. The maximum atomic E-state index is 14.0. The molecule has 32 heavy (non-hydrogen) atoms. The zero-order chi connectivity index (χ0) is 22.1. The van der Waals surface area contributed by atoms with Crippen molar-refractivity contribution in [3.05, 3.63) is 77.3 Å². The number of nitrogens with zero attached hydrogens (tertiary/aromatic N) is 4. The van der Waals surface area contributed by atoms with Crippen LogP contribution in [0.4, 0.5) is 4.39 Å². The van der Waals surface area contributed by atoms with Crippen LogP contribution in [-0.4, -0.2) is 55.3 Å². The molecule has 0 saturated carbocycles. The predicted octanol–water partition coefficient (Wildman–Crippen LogP) is 3.15. The molecule has 1 unspecified atom stereocenters. The van der Waals surface area contributed by atoms with E-state index in [1.807, 2.05) is 37.6 Å². The number of allylic oxidation sites excluding steroid dienone is 3. The third-order valence-corrected chi connectivity index (χ3v) is 5.61. The molecule has 0 spiro atoms. The summed E-state index contributed by atoms with van der Waals surface area (Å²) in [7, 11) is 0. The molecule has 2 aliphatic heterocycles. The second-order valence-corrected chi connectivity index (χ2v) is 7.80. The smallest absolute Gasteiger partial charge is 0.340 e. The number of pyridine rings is 1. The molecule has 0 radical (unpaired) electrons. The maximum Gasteiger partial charge on any atom is 0.340 e. The first-order valence-corrected chi connectivity index (χ1v) is 10.5. The molecule has 5 rings (SSSR count). The molecule has 2 aliphatic rings. The minimum atomic E-state index is -0.421. The predicted molar refractivity (Wildman–Crippen MR) is 119 cm³/mol. The van der Waals surface area contributed by atoms with Gasteiger partial charge in [0.25, 0.3) is 0 Å². The Morgan fingerprint density at radius 3 is 3.00 bits per heavy atom. The largest absolute Gasteiger partial charge is 0.472 e. The number of fused-ring (bicyclic) bond motifs is 1. The molecule has 0 amide bonds. The van der Waals surface area contributed by atoms with Crippen LogP contribution in [0.3, 0.4) is 0 Å². The van der Waals surface area contributed by atoms with E-state index < -0.39 is 5.69 Å². The second kappa shape index (κ2) is 8.43. The van der Waals surface area contributed by atoms with E-state index in [0.29, 0.717) is 29.3 Å². The third-order valence-electron chi connectivity index (χ3n) is 5.61. The summed E-state index contributed by atoms with van der Waals surface area (Å²) in [6.45, 7) is 3.56. The first kappa shape index (κ1) is 20.2. The van der Waals surface area contributed by atoms with Gasteiger partial charge in [0.15, 0.2) is 5.82 Å².